The molecule has 2 aromatic carbocycles. The van der Waals surface area contributed by atoms with Crippen molar-refractivity contribution in [3.63, 3.8) is 0 Å². The molecule has 1 fully saturated rings. The van der Waals surface area contributed by atoms with Gasteiger partial charge in [0.05, 0.1) is 24.3 Å². The maximum atomic E-state index is 12.9. The number of esters is 2. The molecule has 196 valence electrons. The summed E-state index contributed by atoms with van der Waals surface area (Å²) in [5.41, 5.74) is 0.897. The number of hydrogen-bond donors (Lipinski definition) is 0. The van der Waals surface area contributed by atoms with E-state index in [1.165, 1.54) is 6.42 Å². The van der Waals surface area contributed by atoms with Gasteiger partial charge in [0.15, 0.2) is 0 Å². The Hall–Kier alpha value is -3.02. The fraction of sp³-hybridized carbons (Fsp3) is 0.533. The van der Waals surface area contributed by atoms with E-state index in [0.29, 0.717) is 36.2 Å². The summed E-state index contributed by atoms with van der Waals surface area (Å²) in [5.74, 6) is 1.61. The van der Waals surface area contributed by atoms with Gasteiger partial charge in [0.25, 0.3) is 0 Å². The maximum absolute atomic E-state index is 12.9. The van der Waals surface area contributed by atoms with Gasteiger partial charge in [0.1, 0.15) is 24.2 Å². The molecular formula is C30H40O6. The second-order valence-corrected chi connectivity index (χ2v) is 10.4. The Morgan fingerprint density at radius 3 is 1.64 bits per heavy atom. The van der Waals surface area contributed by atoms with Crippen molar-refractivity contribution in [2.45, 2.75) is 65.9 Å². The first-order chi connectivity index (χ1) is 17.3. The molecule has 0 bridgehead atoms. The molecule has 0 radical (unpaired) electrons. The maximum Gasteiger partial charge on any atom is 0.338 e. The second-order valence-electron chi connectivity index (χ2n) is 10.4. The number of rotatable bonds is 12. The van der Waals surface area contributed by atoms with E-state index in [4.69, 9.17) is 18.9 Å². The topological polar surface area (TPSA) is 71.1 Å². The lowest BCUT2D eigenvalue weighted by Gasteiger charge is -2.29. The SMILES string of the molecule is CC(C)COc1ccc(C(=O)OCC(OC(=O)c2ccc(OCC(C)C)cc2)C2CCCCC2)cc1. The molecule has 0 amide bonds. The molecule has 6 heteroatoms. The van der Waals surface area contributed by atoms with Crippen molar-refractivity contribution in [1.82, 2.24) is 0 Å². The van der Waals surface area contributed by atoms with E-state index >= 15 is 0 Å². The van der Waals surface area contributed by atoms with Gasteiger partial charge in [0, 0.05) is 0 Å². The Labute approximate surface area is 215 Å². The molecule has 1 aliphatic carbocycles. The van der Waals surface area contributed by atoms with E-state index in [9.17, 15) is 9.59 Å². The van der Waals surface area contributed by atoms with E-state index in [1.54, 1.807) is 48.5 Å². The van der Waals surface area contributed by atoms with Gasteiger partial charge < -0.3 is 18.9 Å². The van der Waals surface area contributed by atoms with Gasteiger partial charge in [-0.25, -0.2) is 9.59 Å². The van der Waals surface area contributed by atoms with Crippen molar-refractivity contribution in [2.24, 2.45) is 17.8 Å². The van der Waals surface area contributed by atoms with Crippen LogP contribution in [0.1, 0.15) is 80.5 Å². The van der Waals surface area contributed by atoms with Crippen LogP contribution in [0.15, 0.2) is 48.5 Å². The lowest BCUT2D eigenvalue weighted by atomic mass is 9.85. The summed E-state index contributed by atoms with van der Waals surface area (Å²) < 4.78 is 22.9. The summed E-state index contributed by atoms with van der Waals surface area (Å²) in [6.07, 6.45) is 4.80. The summed E-state index contributed by atoms with van der Waals surface area (Å²) in [6.45, 7) is 9.61. The lowest BCUT2D eigenvalue weighted by molar-refractivity contribution is -0.0247. The highest BCUT2D eigenvalue weighted by Crippen LogP contribution is 2.29. The number of hydrogen-bond acceptors (Lipinski definition) is 6. The first kappa shape index (κ1) is 27.6. The minimum absolute atomic E-state index is 0.0381. The number of ether oxygens (including phenoxy) is 4. The number of benzene rings is 2. The van der Waals surface area contributed by atoms with E-state index in [0.717, 1.165) is 37.2 Å². The fourth-order valence-corrected chi connectivity index (χ4v) is 4.12. The van der Waals surface area contributed by atoms with Crippen LogP contribution in [-0.2, 0) is 9.47 Å². The zero-order valence-electron chi connectivity index (χ0n) is 22.0. The third-order valence-electron chi connectivity index (χ3n) is 6.16. The molecular weight excluding hydrogens is 456 g/mol. The molecule has 3 rings (SSSR count). The van der Waals surface area contributed by atoms with Crippen molar-refractivity contribution in [2.75, 3.05) is 19.8 Å². The first-order valence-electron chi connectivity index (χ1n) is 13.2. The Morgan fingerprint density at radius 1 is 0.694 bits per heavy atom. The molecule has 0 aromatic heterocycles. The van der Waals surface area contributed by atoms with Gasteiger partial charge in [-0.05, 0) is 79.1 Å². The van der Waals surface area contributed by atoms with Crippen LogP contribution in [-0.4, -0.2) is 37.9 Å². The fourth-order valence-electron chi connectivity index (χ4n) is 4.12. The lowest BCUT2D eigenvalue weighted by Crippen LogP contribution is -2.33. The largest absolute Gasteiger partial charge is 0.493 e. The quantitative estimate of drug-likeness (QED) is 0.304. The summed E-state index contributed by atoms with van der Waals surface area (Å²) in [4.78, 5) is 25.6. The van der Waals surface area contributed by atoms with Gasteiger partial charge in [-0.3, -0.25) is 0 Å². The van der Waals surface area contributed by atoms with E-state index in [-0.39, 0.29) is 12.5 Å². The molecule has 1 atom stereocenters. The average molecular weight is 497 g/mol. The van der Waals surface area contributed by atoms with Crippen LogP contribution < -0.4 is 9.47 Å². The van der Waals surface area contributed by atoms with Gasteiger partial charge in [-0.1, -0.05) is 47.0 Å². The molecule has 0 heterocycles. The van der Waals surface area contributed by atoms with Gasteiger partial charge in [-0.15, -0.1) is 0 Å². The summed E-state index contributed by atoms with van der Waals surface area (Å²) in [7, 11) is 0. The number of carbonyl (C=O) groups excluding carboxylic acids is 2. The highest BCUT2D eigenvalue weighted by Gasteiger charge is 2.29. The summed E-state index contributed by atoms with van der Waals surface area (Å²) >= 11 is 0. The van der Waals surface area contributed by atoms with E-state index in [1.807, 2.05) is 0 Å². The number of carbonyl (C=O) groups is 2. The van der Waals surface area contributed by atoms with Crippen molar-refractivity contribution < 1.29 is 28.5 Å². The van der Waals surface area contributed by atoms with Gasteiger partial charge in [0.2, 0.25) is 0 Å². The molecule has 0 N–H and O–H groups in total. The monoisotopic (exact) mass is 496 g/mol. The van der Waals surface area contributed by atoms with Crippen LogP contribution in [0.3, 0.4) is 0 Å². The Kier molecular flexibility index (Phi) is 10.6. The molecule has 1 unspecified atom stereocenters. The Bertz CT molecular complexity index is 942. The molecule has 0 spiro atoms. The van der Waals surface area contributed by atoms with Crippen molar-refractivity contribution in [3.05, 3.63) is 59.7 Å². The molecule has 1 aliphatic rings. The molecule has 1 saturated carbocycles. The van der Waals surface area contributed by atoms with Crippen molar-refractivity contribution in [3.8, 4) is 11.5 Å². The minimum Gasteiger partial charge on any atom is -0.493 e. The zero-order chi connectivity index (χ0) is 25.9. The first-order valence-corrected chi connectivity index (χ1v) is 13.2. The average Bonchev–Trinajstić information content (AvgIpc) is 2.89. The van der Waals surface area contributed by atoms with Crippen LogP contribution in [0.5, 0.6) is 11.5 Å². The van der Waals surface area contributed by atoms with Crippen LogP contribution in [0.25, 0.3) is 0 Å². The smallest absolute Gasteiger partial charge is 0.338 e. The van der Waals surface area contributed by atoms with Crippen molar-refractivity contribution in [1.29, 1.82) is 0 Å². The molecule has 0 aliphatic heterocycles. The standard InChI is InChI=1S/C30H40O6/c1-21(2)18-33-26-14-10-24(11-15-26)29(31)35-20-28(23-8-6-5-7-9-23)36-30(32)25-12-16-27(17-13-25)34-19-22(3)4/h10-17,21-23,28H,5-9,18-20H2,1-4H3. The predicted molar refractivity (Wildman–Crippen MR) is 140 cm³/mol. The zero-order valence-corrected chi connectivity index (χ0v) is 22.0. The molecule has 0 saturated heterocycles. The third kappa shape index (κ3) is 8.89. The van der Waals surface area contributed by atoms with Crippen LogP contribution in [0.2, 0.25) is 0 Å². The van der Waals surface area contributed by atoms with Crippen molar-refractivity contribution >= 4 is 11.9 Å². The Balaban J connectivity index is 1.59. The predicted octanol–water partition coefficient (Wildman–Crippen LogP) is 6.72. The Morgan fingerprint density at radius 2 is 1.17 bits per heavy atom. The molecule has 6 nitrogen and oxygen atoms in total. The van der Waals surface area contributed by atoms with Crippen LogP contribution in [0.4, 0.5) is 0 Å². The van der Waals surface area contributed by atoms with Gasteiger partial charge in [-0.2, -0.15) is 0 Å². The van der Waals surface area contributed by atoms with E-state index in [2.05, 4.69) is 27.7 Å². The normalized spacial score (nSPS) is 14.9. The molecule has 2 aromatic rings. The minimum atomic E-state index is -0.479. The van der Waals surface area contributed by atoms with Crippen LogP contribution >= 0.6 is 0 Å². The van der Waals surface area contributed by atoms with Gasteiger partial charge >= 0.3 is 11.9 Å². The highest BCUT2D eigenvalue weighted by molar-refractivity contribution is 5.90. The summed E-state index contributed by atoms with van der Waals surface area (Å²) in [6, 6.07) is 13.9. The van der Waals surface area contributed by atoms with E-state index < -0.39 is 18.0 Å². The molecule has 36 heavy (non-hydrogen) atoms. The third-order valence-corrected chi connectivity index (χ3v) is 6.16. The van der Waals surface area contributed by atoms with Crippen LogP contribution in [0, 0.1) is 17.8 Å². The second kappa shape index (κ2) is 13.9. The summed E-state index contributed by atoms with van der Waals surface area (Å²) in [5, 5.41) is 0. The highest BCUT2D eigenvalue weighted by atomic mass is 16.6.